The van der Waals surface area contributed by atoms with Crippen molar-refractivity contribution in [3.8, 4) is 0 Å². The summed E-state index contributed by atoms with van der Waals surface area (Å²) in [6, 6.07) is 15.4. The van der Waals surface area contributed by atoms with Crippen LogP contribution in [0.1, 0.15) is 15.9 Å². The molecule has 4 nitrogen and oxygen atoms in total. The smallest absolute Gasteiger partial charge is 0.253 e. The van der Waals surface area contributed by atoms with E-state index in [0.717, 1.165) is 17.7 Å². The number of aromatic nitrogens is 1. The maximum Gasteiger partial charge on any atom is 0.253 e. The monoisotopic (exact) mass is 364 g/mol. The third-order valence-electron chi connectivity index (χ3n) is 4.40. The Kier molecular flexibility index (Phi) is 4.16. The number of amides is 1. The lowest BCUT2D eigenvalue weighted by Crippen LogP contribution is -2.24. The summed E-state index contributed by atoms with van der Waals surface area (Å²) in [5, 5.41) is 2.79. The third-order valence-corrected chi connectivity index (χ3v) is 4.40. The van der Waals surface area contributed by atoms with Gasteiger partial charge in [-0.15, -0.1) is 0 Å². The van der Waals surface area contributed by atoms with Gasteiger partial charge >= 0.3 is 0 Å². The quantitative estimate of drug-likeness (QED) is 0.542. The topological polar surface area (TPSA) is 62.0 Å². The maximum atomic E-state index is 14.1. The first-order valence-corrected chi connectivity index (χ1v) is 8.30. The number of hydrogen-bond donors (Lipinski definition) is 2. The molecule has 0 radical (unpaired) electrons. The predicted molar refractivity (Wildman–Crippen MR) is 99.6 cm³/mol. The zero-order valence-corrected chi connectivity index (χ0v) is 14.1. The van der Waals surface area contributed by atoms with E-state index in [4.69, 9.17) is 0 Å². The van der Waals surface area contributed by atoms with Gasteiger partial charge in [-0.1, -0.05) is 36.4 Å². The van der Waals surface area contributed by atoms with E-state index in [2.05, 4.69) is 10.3 Å². The summed E-state index contributed by atoms with van der Waals surface area (Å²) in [7, 11) is 0. The molecule has 3 aromatic carbocycles. The second kappa shape index (κ2) is 6.64. The van der Waals surface area contributed by atoms with Crippen LogP contribution in [0, 0.1) is 11.6 Å². The van der Waals surface area contributed by atoms with Gasteiger partial charge in [0.15, 0.2) is 5.43 Å². The molecule has 134 valence electrons. The summed E-state index contributed by atoms with van der Waals surface area (Å²) < 4.78 is 28.2. The molecule has 0 bridgehead atoms. The third kappa shape index (κ3) is 3.06. The molecule has 0 aliphatic carbocycles. The highest BCUT2D eigenvalue weighted by Gasteiger charge is 2.17. The second-order valence-electron chi connectivity index (χ2n) is 6.16. The number of para-hydroxylation sites is 1. The van der Waals surface area contributed by atoms with Crippen LogP contribution in [-0.4, -0.2) is 10.9 Å². The standard InChI is InChI=1S/C21H14F2N2O2/c22-13-9-15-18(25-19-14(20(15)26)7-4-8-17(19)23)16(10-13)21(27)24-11-12-5-2-1-3-6-12/h1-10H,11H2,(H,24,27)(H,25,26). The Morgan fingerprint density at radius 1 is 0.926 bits per heavy atom. The minimum Gasteiger partial charge on any atom is -0.351 e. The molecule has 0 aliphatic heterocycles. The summed E-state index contributed by atoms with van der Waals surface area (Å²) in [5.41, 5.74) is 0.373. The van der Waals surface area contributed by atoms with Crippen LogP contribution in [-0.2, 0) is 6.54 Å². The van der Waals surface area contributed by atoms with Gasteiger partial charge in [0, 0.05) is 17.3 Å². The number of nitrogens with one attached hydrogen (secondary N) is 2. The summed E-state index contributed by atoms with van der Waals surface area (Å²) in [6.07, 6.45) is 0. The number of rotatable bonds is 3. The Morgan fingerprint density at radius 3 is 2.48 bits per heavy atom. The number of H-pyrrole nitrogens is 1. The lowest BCUT2D eigenvalue weighted by molar-refractivity contribution is 0.0952. The number of hydrogen-bond acceptors (Lipinski definition) is 2. The number of benzene rings is 3. The largest absolute Gasteiger partial charge is 0.351 e. The number of pyridine rings is 1. The zero-order chi connectivity index (χ0) is 19.0. The van der Waals surface area contributed by atoms with Crippen LogP contribution in [0.4, 0.5) is 8.78 Å². The molecule has 4 rings (SSSR count). The predicted octanol–water partition coefficient (Wildman–Crippen LogP) is 3.89. The fourth-order valence-corrected chi connectivity index (χ4v) is 3.08. The van der Waals surface area contributed by atoms with Gasteiger partial charge in [0.25, 0.3) is 5.91 Å². The van der Waals surface area contributed by atoms with E-state index >= 15 is 0 Å². The molecule has 0 spiro atoms. The van der Waals surface area contributed by atoms with Crippen LogP contribution >= 0.6 is 0 Å². The van der Waals surface area contributed by atoms with Gasteiger partial charge in [-0.2, -0.15) is 0 Å². The minimum absolute atomic E-state index is 0.00189. The van der Waals surface area contributed by atoms with Crippen molar-refractivity contribution in [3.63, 3.8) is 0 Å². The van der Waals surface area contributed by atoms with Crippen molar-refractivity contribution in [3.05, 3.63) is 93.6 Å². The maximum absolute atomic E-state index is 14.1. The van der Waals surface area contributed by atoms with Crippen LogP contribution in [0.2, 0.25) is 0 Å². The lowest BCUT2D eigenvalue weighted by Gasteiger charge is -2.10. The van der Waals surface area contributed by atoms with E-state index in [1.165, 1.54) is 18.2 Å². The molecule has 1 aromatic heterocycles. The fourth-order valence-electron chi connectivity index (χ4n) is 3.08. The van der Waals surface area contributed by atoms with Crippen LogP contribution in [0.15, 0.2) is 65.5 Å². The fraction of sp³-hybridized carbons (Fsp3) is 0.0476. The van der Waals surface area contributed by atoms with Gasteiger partial charge in [0.05, 0.1) is 16.6 Å². The first kappa shape index (κ1) is 16.9. The lowest BCUT2D eigenvalue weighted by atomic mass is 10.0. The van der Waals surface area contributed by atoms with Crippen LogP contribution < -0.4 is 10.7 Å². The van der Waals surface area contributed by atoms with E-state index in [9.17, 15) is 18.4 Å². The van der Waals surface area contributed by atoms with E-state index in [0.29, 0.717) is 0 Å². The molecule has 27 heavy (non-hydrogen) atoms. The molecule has 6 heteroatoms. The highest BCUT2D eigenvalue weighted by atomic mass is 19.1. The van der Waals surface area contributed by atoms with Crippen molar-refractivity contribution in [2.45, 2.75) is 6.54 Å². The van der Waals surface area contributed by atoms with E-state index in [-0.39, 0.29) is 33.9 Å². The molecule has 2 N–H and O–H groups in total. The number of carbonyl (C=O) groups is 1. The van der Waals surface area contributed by atoms with Crippen LogP contribution in [0.3, 0.4) is 0 Å². The van der Waals surface area contributed by atoms with E-state index < -0.39 is 23.0 Å². The number of carbonyl (C=O) groups excluding carboxylic acids is 1. The Morgan fingerprint density at radius 2 is 1.70 bits per heavy atom. The molecule has 0 saturated carbocycles. The van der Waals surface area contributed by atoms with Gasteiger partial charge in [-0.3, -0.25) is 9.59 Å². The van der Waals surface area contributed by atoms with Crippen molar-refractivity contribution in [2.75, 3.05) is 0 Å². The van der Waals surface area contributed by atoms with Gasteiger partial charge in [0.2, 0.25) is 0 Å². The van der Waals surface area contributed by atoms with E-state index in [1.54, 1.807) is 0 Å². The highest BCUT2D eigenvalue weighted by molar-refractivity contribution is 6.07. The first-order chi connectivity index (χ1) is 13.0. The molecular weight excluding hydrogens is 350 g/mol. The number of aromatic amines is 1. The van der Waals surface area contributed by atoms with Crippen LogP contribution in [0.5, 0.6) is 0 Å². The molecule has 0 saturated heterocycles. The van der Waals surface area contributed by atoms with Crippen molar-refractivity contribution >= 4 is 27.7 Å². The van der Waals surface area contributed by atoms with Crippen molar-refractivity contribution in [1.82, 2.24) is 10.3 Å². The normalized spacial score (nSPS) is 11.0. The highest BCUT2D eigenvalue weighted by Crippen LogP contribution is 2.21. The number of halogens is 2. The molecular formula is C21H14F2N2O2. The van der Waals surface area contributed by atoms with Crippen molar-refractivity contribution < 1.29 is 13.6 Å². The van der Waals surface area contributed by atoms with Gasteiger partial charge in [-0.05, 0) is 29.8 Å². The molecule has 4 aromatic rings. The first-order valence-electron chi connectivity index (χ1n) is 8.30. The van der Waals surface area contributed by atoms with Crippen molar-refractivity contribution in [2.24, 2.45) is 0 Å². The van der Waals surface area contributed by atoms with E-state index in [1.807, 2.05) is 30.3 Å². The summed E-state index contributed by atoms with van der Waals surface area (Å²) in [5.74, 6) is -1.89. The molecule has 1 amide bonds. The molecule has 0 aliphatic rings. The molecule has 0 unspecified atom stereocenters. The van der Waals surface area contributed by atoms with Gasteiger partial charge in [0.1, 0.15) is 11.6 Å². The summed E-state index contributed by atoms with van der Waals surface area (Å²) in [6.45, 7) is 0.240. The second-order valence-corrected chi connectivity index (χ2v) is 6.16. The average Bonchev–Trinajstić information content (AvgIpc) is 2.68. The molecule has 0 atom stereocenters. The Labute approximate surface area is 152 Å². The molecule has 1 heterocycles. The van der Waals surface area contributed by atoms with Gasteiger partial charge < -0.3 is 10.3 Å². The average molecular weight is 364 g/mol. The van der Waals surface area contributed by atoms with Crippen molar-refractivity contribution in [1.29, 1.82) is 0 Å². The summed E-state index contributed by atoms with van der Waals surface area (Å²) >= 11 is 0. The Bertz CT molecular complexity index is 1230. The Hall–Kier alpha value is -3.54. The van der Waals surface area contributed by atoms with Crippen LogP contribution in [0.25, 0.3) is 21.8 Å². The Balaban J connectivity index is 1.84. The zero-order valence-electron chi connectivity index (χ0n) is 14.1. The SMILES string of the molecule is O=C(NCc1ccccc1)c1cc(F)cc2c(=O)c3cccc(F)c3[nH]c12. The number of fused-ring (bicyclic) bond motifs is 2. The summed E-state index contributed by atoms with van der Waals surface area (Å²) in [4.78, 5) is 28.1. The van der Waals surface area contributed by atoms with Gasteiger partial charge in [-0.25, -0.2) is 8.78 Å². The minimum atomic E-state index is -0.714. The molecule has 0 fully saturated rings.